The van der Waals surface area contributed by atoms with Gasteiger partial charge in [0.2, 0.25) is 0 Å². The third-order valence-corrected chi connectivity index (χ3v) is 1.46. The van der Waals surface area contributed by atoms with Crippen molar-refractivity contribution >= 4 is 0 Å². The third-order valence-electron chi connectivity index (χ3n) is 1.46. The molecule has 1 saturated carbocycles. The van der Waals surface area contributed by atoms with Gasteiger partial charge < -0.3 is 10.5 Å². The summed E-state index contributed by atoms with van der Waals surface area (Å²) in [5.74, 6) is 0. The molecule has 2 N–H and O–H groups in total. The van der Waals surface area contributed by atoms with E-state index < -0.39 is 18.8 Å². The molecule has 1 rings (SSSR count). The van der Waals surface area contributed by atoms with Crippen LogP contribution in [0.3, 0.4) is 0 Å². The van der Waals surface area contributed by atoms with Crippen LogP contribution in [0.15, 0.2) is 0 Å². The molecule has 5 heteroatoms. The van der Waals surface area contributed by atoms with Crippen LogP contribution in [-0.4, -0.2) is 24.9 Å². The molecular formula is C6H10F3NO. The quantitative estimate of drug-likeness (QED) is 0.685. The second-order valence-electron chi connectivity index (χ2n) is 2.68. The van der Waals surface area contributed by atoms with Crippen LogP contribution >= 0.6 is 0 Å². The van der Waals surface area contributed by atoms with E-state index >= 15 is 0 Å². The lowest BCUT2D eigenvalue weighted by molar-refractivity contribution is -0.160. The van der Waals surface area contributed by atoms with Gasteiger partial charge in [0.15, 0.2) is 0 Å². The van der Waals surface area contributed by atoms with Gasteiger partial charge in [0.1, 0.15) is 6.04 Å². The van der Waals surface area contributed by atoms with Crippen molar-refractivity contribution in [2.24, 2.45) is 5.73 Å². The molecular weight excluding hydrogens is 159 g/mol. The van der Waals surface area contributed by atoms with Gasteiger partial charge >= 0.3 is 6.18 Å². The molecule has 1 fully saturated rings. The van der Waals surface area contributed by atoms with E-state index in [0.29, 0.717) is 0 Å². The Hall–Kier alpha value is -0.290. The van der Waals surface area contributed by atoms with Gasteiger partial charge in [-0.2, -0.15) is 13.2 Å². The smallest absolute Gasteiger partial charge is 0.376 e. The number of hydrogen-bond acceptors (Lipinski definition) is 2. The van der Waals surface area contributed by atoms with Crippen LogP contribution in [-0.2, 0) is 4.74 Å². The average molecular weight is 169 g/mol. The molecule has 0 spiro atoms. The van der Waals surface area contributed by atoms with Gasteiger partial charge in [0.05, 0.1) is 12.7 Å². The van der Waals surface area contributed by atoms with E-state index in [0.717, 1.165) is 12.8 Å². The van der Waals surface area contributed by atoms with Crippen molar-refractivity contribution in [2.75, 3.05) is 6.61 Å². The van der Waals surface area contributed by atoms with Crippen molar-refractivity contribution in [1.82, 2.24) is 0 Å². The Kier molecular flexibility index (Phi) is 2.39. The predicted molar refractivity (Wildman–Crippen MR) is 33.0 cm³/mol. The van der Waals surface area contributed by atoms with E-state index in [-0.39, 0.29) is 6.10 Å². The molecule has 0 aromatic heterocycles. The fourth-order valence-electron chi connectivity index (χ4n) is 0.569. The summed E-state index contributed by atoms with van der Waals surface area (Å²) < 4.78 is 39.9. The van der Waals surface area contributed by atoms with Crippen LogP contribution in [0.25, 0.3) is 0 Å². The SMILES string of the molecule is NC(COC1CC1)C(F)(F)F. The number of ether oxygens (including phenoxy) is 1. The molecule has 1 aliphatic rings. The van der Waals surface area contributed by atoms with Gasteiger partial charge in [-0.05, 0) is 12.8 Å². The van der Waals surface area contributed by atoms with Crippen molar-refractivity contribution in [2.45, 2.75) is 31.2 Å². The van der Waals surface area contributed by atoms with Crippen molar-refractivity contribution in [3.05, 3.63) is 0 Å². The van der Waals surface area contributed by atoms with Crippen LogP contribution < -0.4 is 5.73 Å². The molecule has 1 aliphatic carbocycles. The molecule has 1 unspecified atom stereocenters. The fraction of sp³-hybridized carbons (Fsp3) is 1.00. The minimum Gasteiger partial charge on any atom is -0.376 e. The van der Waals surface area contributed by atoms with Gasteiger partial charge in [0, 0.05) is 0 Å². The lowest BCUT2D eigenvalue weighted by atomic mass is 10.3. The lowest BCUT2D eigenvalue weighted by Gasteiger charge is -2.14. The third kappa shape index (κ3) is 3.07. The standard InChI is InChI=1S/C6H10F3NO/c7-6(8,9)5(10)3-11-4-1-2-4/h4-5H,1-3,10H2. The summed E-state index contributed by atoms with van der Waals surface area (Å²) in [6.45, 7) is -0.409. The molecule has 0 radical (unpaired) electrons. The first-order chi connectivity index (χ1) is 5.00. The topological polar surface area (TPSA) is 35.2 Å². The zero-order chi connectivity index (χ0) is 8.48. The second-order valence-corrected chi connectivity index (χ2v) is 2.68. The molecule has 0 aliphatic heterocycles. The molecule has 0 aromatic carbocycles. The van der Waals surface area contributed by atoms with Crippen molar-refractivity contribution < 1.29 is 17.9 Å². The second kappa shape index (κ2) is 2.98. The molecule has 0 saturated heterocycles. The number of nitrogens with two attached hydrogens (primary N) is 1. The van der Waals surface area contributed by atoms with Crippen molar-refractivity contribution in [3.8, 4) is 0 Å². The highest BCUT2D eigenvalue weighted by molar-refractivity contribution is 4.76. The number of rotatable bonds is 3. The maximum Gasteiger partial charge on any atom is 0.405 e. The summed E-state index contributed by atoms with van der Waals surface area (Å²) in [5, 5.41) is 0. The van der Waals surface area contributed by atoms with E-state index in [2.05, 4.69) is 0 Å². The maximum absolute atomic E-state index is 11.7. The zero-order valence-corrected chi connectivity index (χ0v) is 5.90. The summed E-state index contributed by atoms with van der Waals surface area (Å²) >= 11 is 0. The molecule has 1 atom stereocenters. The Morgan fingerprint density at radius 1 is 1.45 bits per heavy atom. The summed E-state index contributed by atoms with van der Waals surface area (Å²) in [4.78, 5) is 0. The minimum absolute atomic E-state index is 0.0309. The number of alkyl halides is 3. The van der Waals surface area contributed by atoms with Crippen molar-refractivity contribution in [1.29, 1.82) is 0 Å². The normalized spacial score (nSPS) is 21.8. The first-order valence-electron chi connectivity index (χ1n) is 3.44. The van der Waals surface area contributed by atoms with Crippen LogP contribution in [0, 0.1) is 0 Å². The van der Waals surface area contributed by atoms with Gasteiger partial charge in [0.25, 0.3) is 0 Å². The molecule has 66 valence electrons. The highest BCUT2D eigenvalue weighted by Crippen LogP contribution is 2.25. The molecule has 0 aromatic rings. The Balaban J connectivity index is 2.13. The van der Waals surface area contributed by atoms with E-state index in [1.54, 1.807) is 0 Å². The molecule has 0 heterocycles. The number of halogens is 3. The Labute approximate surface area is 62.5 Å². The van der Waals surface area contributed by atoms with Gasteiger partial charge in [-0.3, -0.25) is 0 Å². The van der Waals surface area contributed by atoms with Crippen LogP contribution in [0.2, 0.25) is 0 Å². The molecule has 0 amide bonds. The summed E-state index contributed by atoms with van der Waals surface area (Å²) in [6.07, 6.45) is -2.56. The molecule has 0 bridgehead atoms. The Morgan fingerprint density at radius 2 is 2.00 bits per heavy atom. The van der Waals surface area contributed by atoms with E-state index in [1.165, 1.54) is 0 Å². The first kappa shape index (κ1) is 8.80. The summed E-state index contributed by atoms with van der Waals surface area (Å²) in [7, 11) is 0. The van der Waals surface area contributed by atoms with Crippen LogP contribution in [0.5, 0.6) is 0 Å². The fourth-order valence-corrected chi connectivity index (χ4v) is 0.569. The van der Waals surface area contributed by atoms with Crippen LogP contribution in [0.4, 0.5) is 13.2 Å². The first-order valence-corrected chi connectivity index (χ1v) is 3.44. The predicted octanol–water partition coefficient (Wildman–Crippen LogP) is 1.06. The lowest BCUT2D eigenvalue weighted by Crippen LogP contribution is -2.41. The Morgan fingerprint density at radius 3 is 2.36 bits per heavy atom. The van der Waals surface area contributed by atoms with Gasteiger partial charge in [-0.15, -0.1) is 0 Å². The average Bonchev–Trinajstić information content (AvgIpc) is 2.62. The van der Waals surface area contributed by atoms with Crippen LogP contribution in [0.1, 0.15) is 12.8 Å². The monoisotopic (exact) mass is 169 g/mol. The molecule has 2 nitrogen and oxygen atoms in total. The van der Waals surface area contributed by atoms with Gasteiger partial charge in [-0.25, -0.2) is 0 Å². The van der Waals surface area contributed by atoms with E-state index in [9.17, 15) is 13.2 Å². The largest absolute Gasteiger partial charge is 0.405 e. The summed E-state index contributed by atoms with van der Waals surface area (Å²) in [5.41, 5.74) is 4.78. The summed E-state index contributed by atoms with van der Waals surface area (Å²) in [6, 6.07) is -1.83. The highest BCUT2D eigenvalue weighted by atomic mass is 19.4. The Bertz CT molecular complexity index is 132. The van der Waals surface area contributed by atoms with E-state index in [1.807, 2.05) is 0 Å². The highest BCUT2D eigenvalue weighted by Gasteiger charge is 2.38. The minimum atomic E-state index is -4.32. The number of hydrogen-bond donors (Lipinski definition) is 1. The molecule has 11 heavy (non-hydrogen) atoms. The maximum atomic E-state index is 11.7. The van der Waals surface area contributed by atoms with Gasteiger partial charge in [-0.1, -0.05) is 0 Å². The zero-order valence-electron chi connectivity index (χ0n) is 5.90. The van der Waals surface area contributed by atoms with Crippen molar-refractivity contribution in [3.63, 3.8) is 0 Å². The van der Waals surface area contributed by atoms with E-state index in [4.69, 9.17) is 10.5 Å².